The number of nitrogens with zero attached hydrogens (tertiary/aromatic N) is 2. The second kappa shape index (κ2) is 9.69. The summed E-state index contributed by atoms with van der Waals surface area (Å²) in [5, 5.41) is 5.38. The fourth-order valence-corrected chi connectivity index (χ4v) is 4.37. The Hall–Kier alpha value is -4.19. The average molecular weight is 529 g/mol. The van der Waals surface area contributed by atoms with Crippen LogP contribution in [0, 0.1) is 23.3 Å². The second-order valence-electron chi connectivity index (χ2n) is 8.11. The number of halogens is 5. The number of aromatic nitrogens is 3. The van der Waals surface area contributed by atoms with Crippen LogP contribution in [-0.2, 0) is 6.54 Å². The standard InChI is InChI=1S/C25H17ClF4N6O/c26-14-3-6-16-20(9-14)33-23(25(37)34-35-31)21(16)24-17(13-1-4-15(27)5-2-13)10-32-36(24)11-12-7-18(28)22(30)19(29)8-12/h1-10,33,35H,11,31H2,(H,34,37). The van der Waals surface area contributed by atoms with E-state index >= 15 is 0 Å². The van der Waals surface area contributed by atoms with Crippen molar-refractivity contribution in [3.8, 4) is 22.4 Å². The molecule has 0 radical (unpaired) electrons. The number of rotatable bonds is 6. The van der Waals surface area contributed by atoms with Gasteiger partial charge in [0.15, 0.2) is 17.5 Å². The second-order valence-corrected chi connectivity index (χ2v) is 8.54. The van der Waals surface area contributed by atoms with Crippen LogP contribution in [0.4, 0.5) is 17.6 Å². The van der Waals surface area contributed by atoms with Gasteiger partial charge in [-0.15, -0.1) is 0 Å². The van der Waals surface area contributed by atoms with Gasteiger partial charge in [-0.05, 0) is 47.5 Å². The minimum absolute atomic E-state index is 0.0804. The summed E-state index contributed by atoms with van der Waals surface area (Å²) in [6, 6.07) is 12.3. The maximum absolute atomic E-state index is 14.0. The first-order valence-electron chi connectivity index (χ1n) is 10.8. The van der Waals surface area contributed by atoms with Crippen LogP contribution in [-0.4, -0.2) is 20.7 Å². The highest BCUT2D eigenvalue weighted by Gasteiger charge is 2.26. The molecule has 5 rings (SSSR count). The van der Waals surface area contributed by atoms with Crippen molar-refractivity contribution in [2.24, 2.45) is 5.84 Å². The van der Waals surface area contributed by atoms with E-state index in [0.717, 1.165) is 12.1 Å². The third kappa shape index (κ3) is 4.55. The van der Waals surface area contributed by atoms with Crippen LogP contribution in [0.1, 0.15) is 16.1 Å². The summed E-state index contributed by atoms with van der Waals surface area (Å²) >= 11 is 6.16. The Morgan fingerprint density at radius 2 is 1.73 bits per heavy atom. The highest BCUT2D eigenvalue weighted by Crippen LogP contribution is 2.40. The summed E-state index contributed by atoms with van der Waals surface area (Å²) in [6.45, 7) is -0.179. The zero-order valence-electron chi connectivity index (χ0n) is 18.8. The Morgan fingerprint density at radius 1 is 1.03 bits per heavy atom. The molecular weight excluding hydrogens is 512 g/mol. The number of benzene rings is 3. The van der Waals surface area contributed by atoms with Crippen LogP contribution < -0.4 is 16.8 Å². The number of H-pyrrole nitrogens is 1. The summed E-state index contributed by atoms with van der Waals surface area (Å²) in [5.74, 6) is -0.0693. The van der Waals surface area contributed by atoms with Crippen LogP contribution in [0.25, 0.3) is 33.3 Å². The van der Waals surface area contributed by atoms with Crippen molar-refractivity contribution in [2.45, 2.75) is 6.54 Å². The molecule has 37 heavy (non-hydrogen) atoms. The van der Waals surface area contributed by atoms with Crippen molar-refractivity contribution in [1.29, 1.82) is 0 Å². The van der Waals surface area contributed by atoms with Gasteiger partial charge in [0.1, 0.15) is 11.5 Å². The molecule has 188 valence electrons. The van der Waals surface area contributed by atoms with E-state index in [1.165, 1.54) is 35.1 Å². The number of nitrogens with two attached hydrogens (primary N) is 1. The maximum Gasteiger partial charge on any atom is 0.283 e. The molecule has 0 fully saturated rings. The number of nitrogens with one attached hydrogen (secondary N) is 3. The van der Waals surface area contributed by atoms with E-state index < -0.39 is 29.2 Å². The van der Waals surface area contributed by atoms with E-state index in [2.05, 4.69) is 21.0 Å². The molecule has 3 aromatic carbocycles. The van der Waals surface area contributed by atoms with Crippen molar-refractivity contribution >= 4 is 28.4 Å². The summed E-state index contributed by atoms with van der Waals surface area (Å²) in [4.78, 5) is 16.0. The molecule has 0 aliphatic heterocycles. The molecule has 0 spiro atoms. The van der Waals surface area contributed by atoms with Gasteiger partial charge in [0.2, 0.25) is 0 Å². The first-order valence-corrected chi connectivity index (χ1v) is 11.2. The van der Waals surface area contributed by atoms with Gasteiger partial charge in [0, 0.05) is 27.1 Å². The number of fused-ring (bicyclic) bond motifs is 1. The van der Waals surface area contributed by atoms with Crippen LogP contribution >= 0.6 is 11.6 Å². The fourth-order valence-electron chi connectivity index (χ4n) is 4.20. The predicted octanol–water partition coefficient (Wildman–Crippen LogP) is 5.06. The average Bonchev–Trinajstić information content (AvgIpc) is 3.43. The van der Waals surface area contributed by atoms with E-state index in [1.54, 1.807) is 18.2 Å². The summed E-state index contributed by atoms with van der Waals surface area (Å²) in [5.41, 5.74) is 6.87. The molecule has 5 N–H and O–H groups in total. The zero-order valence-corrected chi connectivity index (χ0v) is 19.5. The van der Waals surface area contributed by atoms with E-state index in [1.807, 2.05) is 0 Å². The number of hydrogen-bond acceptors (Lipinski definition) is 4. The van der Waals surface area contributed by atoms with Gasteiger partial charge in [-0.3, -0.25) is 20.7 Å². The normalized spacial score (nSPS) is 11.3. The van der Waals surface area contributed by atoms with Gasteiger partial charge < -0.3 is 4.98 Å². The number of hydrazine groups is 2. The summed E-state index contributed by atoms with van der Waals surface area (Å²) in [7, 11) is 0. The van der Waals surface area contributed by atoms with E-state index in [-0.39, 0.29) is 17.8 Å². The number of aromatic amines is 1. The van der Waals surface area contributed by atoms with Crippen LogP contribution in [0.5, 0.6) is 0 Å². The van der Waals surface area contributed by atoms with Gasteiger partial charge in [-0.2, -0.15) is 10.6 Å². The van der Waals surface area contributed by atoms with Crippen molar-refractivity contribution < 1.29 is 22.4 Å². The number of carbonyl (C=O) groups is 1. The molecule has 2 heterocycles. The minimum atomic E-state index is -1.59. The van der Waals surface area contributed by atoms with Gasteiger partial charge >= 0.3 is 0 Å². The number of carbonyl (C=O) groups excluding carboxylic acids is 1. The van der Waals surface area contributed by atoms with Crippen molar-refractivity contribution in [3.05, 3.63) is 100 Å². The SMILES string of the molecule is NNNC(=O)c1[nH]c2cc(Cl)ccc2c1-c1c(-c2ccc(F)cc2)cnn1Cc1cc(F)c(F)c(F)c1. The Morgan fingerprint density at radius 3 is 2.41 bits per heavy atom. The molecule has 0 bridgehead atoms. The Balaban J connectivity index is 1.79. The van der Waals surface area contributed by atoms with Gasteiger partial charge in [-0.25, -0.2) is 17.6 Å². The number of hydrogen-bond donors (Lipinski definition) is 4. The first kappa shape index (κ1) is 24.5. The van der Waals surface area contributed by atoms with E-state index in [9.17, 15) is 22.4 Å². The maximum atomic E-state index is 14.0. The quantitative estimate of drug-likeness (QED) is 0.107. The molecule has 0 unspecified atom stereocenters. The summed E-state index contributed by atoms with van der Waals surface area (Å²) in [6.07, 6.45) is 1.48. The molecule has 0 aliphatic carbocycles. The molecule has 0 atom stereocenters. The molecule has 2 aromatic heterocycles. The highest BCUT2D eigenvalue weighted by atomic mass is 35.5. The molecule has 5 aromatic rings. The lowest BCUT2D eigenvalue weighted by Gasteiger charge is -2.13. The Labute approximate surface area is 211 Å². The molecule has 1 amide bonds. The van der Waals surface area contributed by atoms with Crippen LogP contribution in [0.15, 0.2) is 60.8 Å². The fraction of sp³-hybridized carbons (Fsp3) is 0.0400. The molecular formula is C25H17ClF4N6O. The monoisotopic (exact) mass is 528 g/mol. The smallest absolute Gasteiger partial charge is 0.283 e. The lowest BCUT2D eigenvalue weighted by molar-refractivity contribution is 0.0930. The predicted molar refractivity (Wildman–Crippen MR) is 130 cm³/mol. The molecule has 0 aliphatic rings. The van der Waals surface area contributed by atoms with Crippen molar-refractivity contribution in [1.82, 2.24) is 25.7 Å². The molecule has 7 nitrogen and oxygen atoms in total. The Bertz CT molecular complexity index is 1620. The Kier molecular flexibility index (Phi) is 6.42. The minimum Gasteiger partial charge on any atom is -0.350 e. The third-order valence-electron chi connectivity index (χ3n) is 5.78. The van der Waals surface area contributed by atoms with Gasteiger partial charge in [0.25, 0.3) is 5.91 Å². The highest BCUT2D eigenvalue weighted by molar-refractivity contribution is 6.31. The molecule has 0 saturated heterocycles. The summed E-state index contributed by atoms with van der Waals surface area (Å²) < 4.78 is 56.5. The van der Waals surface area contributed by atoms with Crippen molar-refractivity contribution in [3.63, 3.8) is 0 Å². The molecule has 0 saturated carbocycles. The van der Waals surface area contributed by atoms with E-state index in [0.29, 0.717) is 38.3 Å². The van der Waals surface area contributed by atoms with Crippen LogP contribution in [0.2, 0.25) is 5.02 Å². The zero-order chi connectivity index (χ0) is 26.3. The van der Waals surface area contributed by atoms with Crippen molar-refractivity contribution in [2.75, 3.05) is 0 Å². The lowest BCUT2D eigenvalue weighted by atomic mass is 9.98. The van der Waals surface area contributed by atoms with Gasteiger partial charge in [0.05, 0.1) is 18.4 Å². The lowest BCUT2D eigenvalue weighted by Crippen LogP contribution is -2.42. The van der Waals surface area contributed by atoms with Crippen LogP contribution in [0.3, 0.4) is 0 Å². The van der Waals surface area contributed by atoms with Gasteiger partial charge in [-0.1, -0.05) is 29.8 Å². The first-order chi connectivity index (χ1) is 17.8. The van der Waals surface area contributed by atoms with E-state index in [4.69, 9.17) is 17.4 Å². The largest absolute Gasteiger partial charge is 0.350 e. The molecule has 12 heteroatoms. The number of amides is 1. The third-order valence-corrected chi connectivity index (χ3v) is 6.02. The topological polar surface area (TPSA) is 101 Å².